The molecule has 0 aromatic heterocycles. The van der Waals surface area contributed by atoms with Crippen LogP contribution in [-0.2, 0) is 26.6 Å². The summed E-state index contributed by atoms with van der Waals surface area (Å²) in [7, 11) is -2.21. The maximum atomic E-state index is 13.1. The minimum absolute atomic E-state index is 0.194. The highest BCUT2D eigenvalue weighted by Crippen LogP contribution is 2.35. The highest BCUT2D eigenvalue weighted by molar-refractivity contribution is 7.89. The van der Waals surface area contributed by atoms with Crippen LogP contribution in [0.5, 0.6) is 5.75 Å². The Morgan fingerprint density at radius 2 is 1.81 bits per heavy atom. The summed E-state index contributed by atoms with van der Waals surface area (Å²) in [6, 6.07) is 15.4. The molecule has 0 atom stereocenters. The van der Waals surface area contributed by atoms with E-state index in [4.69, 9.17) is 9.47 Å². The van der Waals surface area contributed by atoms with Gasteiger partial charge in [-0.3, -0.25) is 0 Å². The van der Waals surface area contributed by atoms with Crippen molar-refractivity contribution in [3.63, 3.8) is 0 Å². The fourth-order valence-corrected chi connectivity index (χ4v) is 4.93. The minimum Gasteiger partial charge on any atom is -0.495 e. The van der Waals surface area contributed by atoms with Crippen LogP contribution < -0.4 is 9.46 Å². The molecule has 3 rings (SSSR count). The van der Waals surface area contributed by atoms with E-state index in [1.54, 1.807) is 12.1 Å². The number of nitrogens with one attached hydrogen (secondary N) is 1. The second-order valence-electron chi connectivity index (χ2n) is 6.92. The van der Waals surface area contributed by atoms with Gasteiger partial charge in [-0.25, -0.2) is 13.1 Å². The van der Waals surface area contributed by atoms with Gasteiger partial charge in [-0.15, -0.1) is 0 Å². The van der Waals surface area contributed by atoms with Crippen LogP contribution >= 0.6 is 0 Å². The number of methoxy groups -OCH3 is 1. The average molecular weight is 390 g/mol. The second-order valence-corrected chi connectivity index (χ2v) is 8.66. The molecule has 1 aliphatic heterocycles. The first-order valence-corrected chi connectivity index (χ1v) is 10.8. The van der Waals surface area contributed by atoms with E-state index in [9.17, 15) is 8.42 Å². The number of hydrogen-bond donors (Lipinski definition) is 1. The van der Waals surface area contributed by atoms with E-state index in [-0.39, 0.29) is 10.3 Å². The molecular formula is C21H27NO4S. The maximum Gasteiger partial charge on any atom is 0.244 e. The zero-order valence-corrected chi connectivity index (χ0v) is 16.7. The van der Waals surface area contributed by atoms with Crippen molar-refractivity contribution in [2.45, 2.75) is 36.5 Å². The van der Waals surface area contributed by atoms with Crippen LogP contribution in [0.2, 0.25) is 0 Å². The normalized spacial score (nSPS) is 16.8. The number of sulfonamides is 1. The third-order valence-corrected chi connectivity index (χ3v) is 6.78. The molecular weight excluding hydrogens is 362 g/mol. The van der Waals surface area contributed by atoms with Crippen molar-refractivity contribution < 1.29 is 17.9 Å². The maximum absolute atomic E-state index is 13.1. The molecule has 0 saturated carbocycles. The van der Waals surface area contributed by atoms with Gasteiger partial charge in [0.15, 0.2) is 0 Å². The summed E-state index contributed by atoms with van der Waals surface area (Å²) in [4.78, 5) is 0.194. The Balaban J connectivity index is 1.89. The van der Waals surface area contributed by atoms with Crippen LogP contribution in [0.25, 0.3) is 0 Å². The van der Waals surface area contributed by atoms with E-state index < -0.39 is 10.0 Å². The van der Waals surface area contributed by atoms with Gasteiger partial charge in [0.2, 0.25) is 10.0 Å². The Morgan fingerprint density at radius 3 is 2.44 bits per heavy atom. The topological polar surface area (TPSA) is 64.6 Å². The third kappa shape index (κ3) is 4.34. The minimum atomic E-state index is -3.70. The third-order valence-electron chi connectivity index (χ3n) is 5.36. The van der Waals surface area contributed by atoms with E-state index >= 15 is 0 Å². The van der Waals surface area contributed by atoms with E-state index in [1.165, 1.54) is 7.11 Å². The lowest BCUT2D eigenvalue weighted by molar-refractivity contribution is 0.0517. The Morgan fingerprint density at radius 1 is 1.11 bits per heavy atom. The summed E-state index contributed by atoms with van der Waals surface area (Å²) in [5, 5.41) is 0. The predicted molar refractivity (Wildman–Crippen MR) is 106 cm³/mol. The van der Waals surface area contributed by atoms with Gasteiger partial charge in [-0.1, -0.05) is 43.3 Å². The van der Waals surface area contributed by atoms with Gasteiger partial charge in [-0.05, 0) is 42.5 Å². The second kappa shape index (κ2) is 8.42. The molecule has 0 unspecified atom stereocenters. The van der Waals surface area contributed by atoms with E-state index in [0.717, 1.165) is 30.4 Å². The van der Waals surface area contributed by atoms with Crippen LogP contribution in [0, 0.1) is 0 Å². The number of benzene rings is 2. The quantitative estimate of drug-likeness (QED) is 0.789. The highest BCUT2D eigenvalue weighted by Gasteiger charge is 2.36. The van der Waals surface area contributed by atoms with Gasteiger partial charge >= 0.3 is 0 Å². The monoisotopic (exact) mass is 389 g/mol. The Labute approximate surface area is 161 Å². The first kappa shape index (κ1) is 19.9. The molecule has 146 valence electrons. The van der Waals surface area contributed by atoms with E-state index in [2.05, 4.69) is 16.9 Å². The summed E-state index contributed by atoms with van der Waals surface area (Å²) in [6.45, 7) is 3.59. The molecule has 1 saturated heterocycles. The SMILES string of the molecule is CCc1ccc(OC)c(S(=O)(=O)NCC2(c3ccccc3)CCOCC2)c1. The van der Waals surface area contributed by atoms with Crippen LogP contribution in [0.4, 0.5) is 0 Å². The molecule has 27 heavy (non-hydrogen) atoms. The van der Waals surface area contributed by atoms with Crippen molar-refractivity contribution in [3.05, 3.63) is 59.7 Å². The molecule has 2 aromatic carbocycles. The van der Waals surface area contributed by atoms with Gasteiger partial charge in [-0.2, -0.15) is 0 Å². The standard InChI is InChI=1S/C21H27NO4S/c1-3-17-9-10-19(25-2)20(15-17)27(23,24)22-16-21(11-13-26-14-12-21)18-7-5-4-6-8-18/h4-10,15,22H,3,11-14,16H2,1-2H3. The molecule has 1 N–H and O–H groups in total. The van der Waals surface area contributed by atoms with Crippen molar-refractivity contribution >= 4 is 10.0 Å². The van der Waals surface area contributed by atoms with Gasteiger partial charge in [0.1, 0.15) is 10.6 Å². The number of ether oxygens (including phenoxy) is 2. The predicted octanol–water partition coefficient (Wildman–Crippen LogP) is 3.28. The van der Waals surface area contributed by atoms with Crippen LogP contribution in [-0.4, -0.2) is 35.3 Å². The Kier molecular flexibility index (Phi) is 6.19. The summed E-state index contributed by atoms with van der Waals surface area (Å²) in [5.41, 5.74) is 1.84. The van der Waals surface area contributed by atoms with Crippen LogP contribution in [0.1, 0.15) is 30.9 Å². The van der Waals surface area contributed by atoms with E-state index in [0.29, 0.717) is 25.5 Å². The highest BCUT2D eigenvalue weighted by atomic mass is 32.2. The molecule has 0 aliphatic carbocycles. The van der Waals surface area contributed by atoms with Gasteiger partial charge < -0.3 is 9.47 Å². The van der Waals surface area contributed by atoms with Crippen molar-refractivity contribution in [3.8, 4) is 5.75 Å². The lowest BCUT2D eigenvalue weighted by Crippen LogP contribution is -2.44. The van der Waals surface area contributed by atoms with E-state index in [1.807, 2.05) is 31.2 Å². The largest absolute Gasteiger partial charge is 0.495 e. The van der Waals surface area contributed by atoms with Crippen molar-refractivity contribution in [2.24, 2.45) is 0 Å². The zero-order valence-electron chi connectivity index (χ0n) is 15.9. The van der Waals surface area contributed by atoms with Gasteiger partial charge in [0.05, 0.1) is 7.11 Å². The summed E-state index contributed by atoms with van der Waals surface area (Å²) in [6.07, 6.45) is 2.33. The van der Waals surface area contributed by atoms with Crippen molar-refractivity contribution in [1.82, 2.24) is 4.72 Å². The molecule has 2 aromatic rings. The summed E-state index contributed by atoms with van der Waals surface area (Å²) >= 11 is 0. The first-order chi connectivity index (χ1) is 13.0. The number of rotatable bonds is 7. The van der Waals surface area contributed by atoms with Crippen LogP contribution in [0.15, 0.2) is 53.4 Å². The molecule has 0 radical (unpaired) electrons. The van der Waals surface area contributed by atoms with Crippen molar-refractivity contribution in [1.29, 1.82) is 0 Å². The van der Waals surface area contributed by atoms with Crippen molar-refractivity contribution in [2.75, 3.05) is 26.9 Å². The number of aryl methyl sites for hydroxylation is 1. The Bertz CT molecular complexity index is 859. The molecule has 5 nitrogen and oxygen atoms in total. The molecule has 1 aliphatic rings. The summed E-state index contributed by atoms with van der Waals surface area (Å²) < 4.78 is 39.8. The summed E-state index contributed by atoms with van der Waals surface area (Å²) in [5.74, 6) is 0.362. The molecule has 6 heteroatoms. The zero-order chi connectivity index (χ0) is 19.3. The lowest BCUT2D eigenvalue weighted by Gasteiger charge is -2.38. The molecule has 0 amide bonds. The fourth-order valence-electron chi connectivity index (χ4n) is 3.58. The molecule has 0 spiro atoms. The fraction of sp³-hybridized carbons (Fsp3) is 0.429. The van der Waals surface area contributed by atoms with Crippen LogP contribution in [0.3, 0.4) is 0 Å². The Hall–Kier alpha value is -1.89. The van der Waals surface area contributed by atoms with Gasteiger partial charge in [0.25, 0.3) is 0 Å². The smallest absolute Gasteiger partial charge is 0.244 e. The molecule has 0 bridgehead atoms. The van der Waals surface area contributed by atoms with Gasteiger partial charge in [0, 0.05) is 25.2 Å². The number of hydrogen-bond acceptors (Lipinski definition) is 4. The lowest BCUT2D eigenvalue weighted by atomic mass is 9.74. The molecule has 1 fully saturated rings. The first-order valence-electron chi connectivity index (χ1n) is 9.30. The molecule has 1 heterocycles. The average Bonchev–Trinajstić information content (AvgIpc) is 2.73.